The molecule has 0 bridgehead atoms. The lowest BCUT2D eigenvalue weighted by atomic mass is 9.79. The highest BCUT2D eigenvalue weighted by molar-refractivity contribution is 6.07. The van der Waals surface area contributed by atoms with Crippen LogP contribution in [0.4, 0.5) is 5.69 Å². The lowest BCUT2D eigenvalue weighted by Gasteiger charge is -2.23. The first-order valence-electron chi connectivity index (χ1n) is 8.02. The molecule has 2 aromatic carbocycles. The van der Waals surface area contributed by atoms with Gasteiger partial charge in [0.1, 0.15) is 0 Å². The van der Waals surface area contributed by atoms with E-state index in [1.807, 2.05) is 50.4 Å². The van der Waals surface area contributed by atoms with Crippen molar-refractivity contribution < 1.29 is 14.3 Å². The quantitative estimate of drug-likeness (QED) is 0.811. The standard InChI is InChI=1S/C20H21NO3/c1-20(16-6-4-5-7-17(16)21(2)19(20)23)13-12-14-8-10-15(11-9-14)18(22)24-3/h4-11H,12-13H2,1-3H3/t20-/m0/s1. The van der Waals surface area contributed by atoms with Gasteiger partial charge in [0.25, 0.3) is 0 Å². The van der Waals surface area contributed by atoms with Gasteiger partial charge in [-0.1, -0.05) is 30.3 Å². The third-order valence-corrected chi connectivity index (χ3v) is 4.93. The fraction of sp³-hybridized carbons (Fsp3) is 0.300. The number of likely N-dealkylation sites (N-methyl/N-ethyl adjacent to an activating group) is 1. The maximum Gasteiger partial charge on any atom is 0.337 e. The van der Waals surface area contributed by atoms with E-state index in [4.69, 9.17) is 4.74 Å². The van der Waals surface area contributed by atoms with Crippen molar-refractivity contribution in [3.63, 3.8) is 0 Å². The van der Waals surface area contributed by atoms with Gasteiger partial charge in [0.2, 0.25) is 5.91 Å². The van der Waals surface area contributed by atoms with Gasteiger partial charge in [-0.15, -0.1) is 0 Å². The smallest absolute Gasteiger partial charge is 0.337 e. The molecule has 0 radical (unpaired) electrons. The zero-order valence-corrected chi connectivity index (χ0v) is 14.2. The number of anilines is 1. The number of benzene rings is 2. The highest BCUT2D eigenvalue weighted by Gasteiger charge is 2.45. The van der Waals surface area contributed by atoms with E-state index in [-0.39, 0.29) is 11.9 Å². The molecule has 0 aromatic heterocycles. The van der Waals surface area contributed by atoms with Crippen LogP contribution in [-0.4, -0.2) is 26.0 Å². The van der Waals surface area contributed by atoms with E-state index in [1.54, 1.807) is 17.0 Å². The van der Waals surface area contributed by atoms with Gasteiger partial charge in [-0.25, -0.2) is 4.79 Å². The molecule has 0 N–H and O–H groups in total. The molecule has 1 amide bonds. The van der Waals surface area contributed by atoms with Gasteiger partial charge in [-0.05, 0) is 49.1 Å². The minimum Gasteiger partial charge on any atom is -0.465 e. The molecule has 0 fully saturated rings. The van der Waals surface area contributed by atoms with Crippen molar-refractivity contribution in [1.29, 1.82) is 0 Å². The molecule has 1 atom stereocenters. The molecule has 0 spiro atoms. The van der Waals surface area contributed by atoms with Crippen LogP contribution in [0.15, 0.2) is 48.5 Å². The Hall–Kier alpha value is -2.62. The van der Waals surface area contributed by atoms with Crippen molar-refractivity contribution in [1.82, 2.24) is 0 Å². The third-order valence-electron chi connectivity index (χ3n) is 4.93. The van der Waals surface area contributed by atoms with Gasteiger partial charge in [0.05, 0.1) is 18.1 Å². The monoisotopic (exact) mass is 323 g/mol. The first-order valence-corrected chi connectivity index (χ1v) is 8.02. The third kappa shape index (κ3) is 2.58. The Morgan fingerprint density at radius 1 is 1.12 bits per heavy atom. The second-order valence-electron chi connectivity index (χ2n) is 6.40. The Kier molecular flexibility index (Phi) is 4.14. The number of nitrogens with zero attached hydrogens (tertiary/aromatic N) is 1. The molecule has 1 heterocycles. The number of amides is 1. The summed E-state index contributed by atoms with van der Waals surface area (Å²) in [5.41, 5.74) is 3.21. The Bertz CT molecular complexity index is 782. The Morgan fingerprint density at radius 3 is 2.46 bits per heavy atom. The van der Waals surface area contributed by atoms with Crippen LogP contribution in [-0.2, 0) is 21.4 Å². The molecule has 0 saturated heterocycles. The molecule has 0 unspecified atom stereocenters. The zero-order chi connectivity index (χ0) is 17.3. The van der Waals surface area contributed by atoms with Crippen molar-refractivity contribution in [3.05, 3.63) is 65.2 Å². The topological polar surface area (TPSA) is 46.6 Å². The van der Waals surface area contributed by atoms with Crippen LogP contribution in [0, 0.1) is 0 Å². The molecule has 1 aliphatic rings. The van der Waals surface area contributed by atoms with E-state index < -0.39 is 5.41 Å². The fourth-order valence-electron chi connectivity index (χ4n) is 3.39. The Morgan fingerprint density at radius 2 is 1.79 bits per heavy atom. The van der Waals surface area contributed by atoms with E-state index in [1.165, 1.54) is 7.11 Å². The summed E-state index contributed by atoms with van der Waals surface area (Å²) in [5.74, 6) is -0.204. The number of fused-ring (bicyclic) bond motifs is 1. The largest absolute Gasteiger partial charge is 0.465 e. The van der Waals surface area contributed by atoms with Crippen molar-refractivity contribution in [2.45, 2.75) is 25.2 Å². The molecule has 0 saturated carbocycles. The summed E-state index contributed by atoms with van der Waals surface area (Å²) in [6.45, 7) is 2.01. The summed E-state index contributed by atoms with van der Waals surface area (Å²) in [5, 5.41) is 0. The van der Waals surface area contributed by atoms with Crippen molar-refractivity contribution in [2.24, 2.45) is 0 Å². The number of para-hydroxylation sites is 1. The summed E-state index contributed by atoms with van der Waals surface area (Å²) < 4.78 is 4.71. The number of hydrogen-bond acceptors (Lipinski definition) is 3. The van der Waals surface area contributed by atoms with E-state index in [0.29, 0.717) is 5.56 Å². The van der Waals surface area contributed by atoms with Crippen LogP contribution in [0.5, 0.6) is 0 Å². The first-order chi connectivity index (χ1) is 11.5. The number of ether oxygens (including phenoxy) is 1. The lowest BCUT2D eigenvalue weighted by Crippen LogP contribution is -2.36. The van der Waals surface area contributed by atoms with Gasteiger partial charge in [-0.2, -0.15) is 0 Å². The van der Waals surface area contributed by atoms with Crippen LogP contribution in [0.2, 0.25) is 0 Å². The SMILES string of the molecule is COC(=O)c1ccc(CC[C@]2(C)C(=O)N(C)c3ccccc32)cc1. The number of hydrogen-bond donors (Lipinski definition) is 0. The van der Waals surface area contributed by atoms with Crippen LogP contribution >= 0.6 is 0 Å². The van der Waals surface area contributed by atoms with Crippen LogP contribution in [0.1, 0.15) is 34.8 Å². The molecule has 4 heteroatoms. The molecule has 2 aromatic rings. The van der Waals surface area contributed by atoms with E-state index in [2.05, 4.69) is 0 Å². The number of carbonyl (C=O) groups is 2. The van der Waals surface area contributed by atoms with Crippen molar-refractivity contribution >= 4 is 17.6 Å². The second-order valence-corrected chi connectivity index (χ2v) is 6.40. The maximum absolute atomic E-state index is 12.8. The number of carbonyl (C=O) groups excluding carboxylic acids is 2. The number of esters is 1. The van der Waals surface area contributed by atoms with E-state index >= 15 is 0 Å². The summed E-state index contributed by atoms with van der Waals surface area (Å²) in [6.07, 6.45) is 1.50. The molecule has 1 aliphatic heterocycles. The predicted molar refractivity (Wildman–Crippen MR) is 93.3 cm³/mol. The lowest BCUT2D eigenvalue weighted by molar-refractivity contribution is -0.122. The van der Waals surface area contributed by atoms with Crippen LogP contribution in [0.3, 0.4) is 0 Å². The highest BCUT2D eigenvalue weighted by Crippen LogP contribution is 2.43. The first kappa shape index (κ1) is 16.2. The van der Waals surface area contributed by atoms with Crippen molar-refractivity contribution in [3.8, 4) is 0 Å². The Balaban J connectivity index is 1.79. The molecule has 124 valence electrons. The van der Waals surface area contributed by atoms with Crippen LogP contribution in [0.25, 0.3) is 0 Å². The molecule has 3 rings (SSSR count). The molecular weight excluding hydrogens is 302 g/mol. The van der Waals surface area contributed by atoms with Crippen molar-refractivity contribution in [2.75, 3.05) is 19.1 Å². The maximum atomic E-state index is 12.8. The number of methoxy groups -OCH3 is 1. The molecular formula is C20H21NO3. The van der Waals surface area contributed by atoms with Gasteiger partial charge in [0.15, 0.2) is 0 Å². The minimum atomic E-state index is -0.508. The van der Waals surface area contributed by atoms with Gasteiger partial charge in [0, 0.05) is 12.7 Å². The van der Waals surface area contributed by atoms with Gasteiger partial charge >= 0.3 is 5.97 Å². The summed E-state index contributed by atoms with van der Waals surface area (Å²) in [4.78, 5) is 26.0. The second kappa shape index (κ2) is 6.11. The molecule has 4 nitrogen and oxygen atoms in total. The zero-order valence-electron chi connectivity index (χ0n) is 14.2. The summed E-state index contributed by atoms with van der Waals surface area (Å²) >= 11 is 0. The predicted octanol–water partition coefficient (Wildman–Crippen LogP) is 3.34. The average molecular weight is 323 g/mol. The summed E-state index contributed by atoms with van der Waals surface area (Å²) in [7, 11) is 3.20. The normalized spacial score (nSPS) is 19.3. The average Bonchev–Trinajstić information content (AvgIpc) is 2.82. The summed E-state index contributed by atoms with van der Waals surface area (Å²) in [6, 6.07) is 15.3. The fourth-order valence-corrected chi connectivity index (χ4v) is 3.39. The minimum absolute atomic E-state index is 0.134. The van der Waals surface area contributed by atoms with E-state index in [0.717, 1.165) is 29.7 Å². The number of aryl methyl sites for hydroxylation is 1. The molecule has 24 heavy (non-hydrogen) atoms. The molecule has 0 aliphatic carbocycles. The van der Waals surface area contributed by atoms with E-state index in [9.17, 15) is 9.59 Å². The number of rotatable bonds is 4. The van der Waals surface area contributed by atoms with Gasteiger partial charge < -0.3 is 9.64 Å². The van der Waals surface area contributed by atoms with Gasteiger partial charge in [-0.3, -0.25) is 4.79 Å². The van der Waals surface area contributed by atoms with Crippen LogP contribution < -0.4 is 4.90 Å². The highest BCUT2D eigenvalue weighted by atomic mass is 16.5. The Labute approximate surface area is 142 Å².